The third kappa shape index (κ3) is 3.80. The van der Waals surface area contributed by atoms with Crippen LogP contribution < -0.4 is 4.74 Å². The average Bonchev–Trinajstić information content (AvgIpc) is 2.50. The first-order chi connectivity index (χ1) is 10.0. The quantitative estimate of drug-likeness (QED) is 0.791. The van der Waals surface area contributed by atoms with Crippen molar-refractivity contribution in [1.82, 2.24) is 9.80 Å². The molecule has 7 heteroatoms. The molecule has 5 nitrogen and oxygen atoms in total. The zero-order valence-electron chi connectivity index (χ0n) is 11.6. The number of carbonyl (C=O) groups is 2. The molecule has 21 heavy (non-hydrogen) atoms. The summed E-state index contributed by atoms with van der Waals surface area (Å²) in [6, 6.07) is 3.26. The van der Waals surface area contributed by atoms with E-state index in [0.29, 0.717) is 47.5 Å². The first-order valence-electron chi connectivity index (χ1n) is 6.54. The van der Waals surface area contributed by atoms with Crippen molar-refractivity contribution in [3.05, 3.63) is 27.7 Å². The van der Waals surface area contributed by atoms with Gasteiger partial charge in [-0.1, -0.05) is 23.2 Å². The van der Waals surface area contributed by atoms with Crippen LogP contribution in [0.2, 0.25) is 10.0 Å². The number of amides is 2. The Kier molecular flexibility index (Phi) is 5.31. The minimum absolute atomic E-state index is 0.0244. The number of ether oxygens (including phenoxy) is 1. The van der Waals surface area contributed by atoms with Gasteiger partial charge in [0.15, 0.2) is 0 Å². The minimum atomic E-state index is -0.0244. The lowest BCUT2D eigenvalue weighted by Gasteiger charge is -2.32. The average molecular weight is 331 g/mol. The minimum Gasteiger partial charge on any atom is -0.495 e. The summed E-state index contributed by atoms with van der Waals surface area (Å²) < 4.78 is 5.08. The van der Waals surface area contributed by atoms with Gasteiger partial charge in [0, 0.05) is 37.3 Å². The smallest absolute Gasteiger partial charge is 0.227 e. The molecule has 1 aromatic carbocycles. The summed E-state index contributed by atoms with van der Waals surface area (Å²) in [4.78, 5) is 26.3. The van der Waals surface area contributed by atoms with Crippen LogP contribution in [0.1, 0.15) is 5.56 Å². The number of piperazine rings is 1. The summed E-state index contributed by atoms with van der Waals surface area (Å²) in [5, 5.41) is 0.881. The number of benzene rings is 1. The molecule has 0 unspecified atom stereocenters. The fraction of sp³-hybridized carbons (Fsp3) is 0.429. The monoisotopic (exact) mass is 330 g/mol. The molecule has 1 aliphatic heterocycles. The van der Waals surface area contributed by atoms with Gasteiger partial charge in [0.1, 0.15) is 5.75 Å². The Morgan fingerprint density at radius 3 is 2.48 bits per heavy atom. The zero-order valence-corrected chi connectivity index (χ0v) is 13.2. The van der Waals surface area contributed by atoms with E-state index in [1.807, 2.05) is 0 Å². The van der Waals surface area contributed by atoms with E-state index in [1.165, 1.54) is 7.11 Å². The molecule has 0 spiro atoms. The number of hydrogen-bond donors (Lipinski definition) is 0. The summed E-state index contributed by atoms with van der Waals surface area (Å²) in [6.07, 6.45) is 0.992. The molecule has 0 aliphatic carbocycles. The van der Waals surface area contributed by atoms with E-state index in [4.69, 9.17) is 27.9 Å². The van der Waals surface area contributed by atoms with Gasteiger partial charge in [-0.05, 0) is 11.6 Å². The van der Waals surface area contributed by atoms with Gasteiger partial charge >= 0.3 is 0 Å². The lowest BCUT2D eigenvalue weighted by molar-refractivity contribution is -0.134. The summed E-state index contributed by atoms with van der Waals surface area (Å²) in [6.45, 7) is 2.21. The van der Waals surface area contributed by atoms with Crippen LogP contribution in [0, 0.1) is 0 Å². The Morgan fingerprint density at radius 2 is 1.90 bits per heavy atom. The molecule has 1 fully saturated rings. The van der Waals surface area contributed by atoms with Crippen LogP contribution in [-0.2, 0) is 16.0 Å². The van der Waals surface area contributed by atoms with Gasteiger partial charge < -0.3 is 14.5 Å². The number of carbonyl (C=O) groups excluding carboxylic acids is 2. The van der Waals surface area contributed by atoms with Crippen LogP contribution >= 0.6 is 23.2 Å². The highest BCUT2D eigenvalue weighted by Crippen LogP contribution is 2.31. The van der Waals surface area contributed by atoms with Crippen molar-refractivity contribution >= 4 is 35.5 Å². The van der Waals surface area contributed by atoms with Crippen molar-refractivity contribution < 1.29 is 14.3 Å². The van der Waals surface area contributed by atoms with E-state index in [9.17, 15) is 9.59 Å². The van der Waals surface area contributed by atoms with Crippen molar-refractivity contribution in [1.29, 1.82) is 0 Å². The summed E-state index contributed by atoms with van der Waals surface area (Å²) in [5.41, 5.74) is 0.672. The van der Waals surface area contributed by atoms with E-state index in [-0.39, 0.29) is 12.3 Å². The molecule has 2 rings (SSSR count). The molecule has 1 heterocycles. The molecule has 1 aliphatic rings. The Morgan fingerprint density at radius 1 is 1.24 bits per heavy atom. The molecule has 2 amide bonds. The molecule has 1 aromatic rings. The van der Waals surface area contributed by atoms with E-state index < -0.39 is 0 Å². The van der Waals surface area contributed by atoms with E-state index in [1.54, 1.807) is 21.9 Å². The fourth-order valence-corrected chi connectivity index (χ4v) is 2.70. The number of methoxy groups -OCH3 is 1. The molecule has 114 valence electrons. The molecule has 0 radical (unpaired) electrons. The van der Waals surface area contributed by atoms with Crippen LogP contribution in [0.3, 0.4) is 0 Å². The topological polar surface area (TPSA) is 49.9 Å². The highest BCUT2D eigenvalue weighted by molar-refractivity contribution is 6.34. The summed E-state index contributed by atoms with van der Waals surface area (Å²) in [5.74, 6) is 0.459. The van der Waals surface area contributed by atoms with Gasteiger partial charge in [-0.15, -0.1) is 0 Å². The van der Waals surface area contributed by atoms with Crippen molar-refractivity contribution in [2.45, 2.75) is 6.42 Å². The maximum atomic E-state index is 12.3. The standard InChI is InChI=1S/C14H16Cl2N2O3/c1-21-13-8-11(15)10(6-12(13)16)7-14(20)18-4-2-17(9-19)3-5-18/h6,8-9H,2-5,7H2,1H3. The highest BCUT2D eigenvalue weighted by Gasteiger charge is 2.21. The Bertz CT molecular complexity index is 543. The first-order valence-corrected chi connectivity index (χ1v) is 7.29. The van der Waals surface area contributed by atoms with Crippen molar-refractivity contribution in [3.63, 3.8) is 0 Å². The van der Waals surface area contributed by atoms with Gasteiger partial charge in [-0.2, -0.15) is 0 Å². The highest BCUT2D eigenvalue weighted by atomic mass is 35.5. The molecule has 1 saturated heterocycles. The number of halogens is 2. The predicted octanol–water partition coefficient (Wildman–Crippen LogP) is 1.85. The maximum Gasteiger partial charge on any atom is 0.227 e. The maximum absolute atomic E-state index is 12.3. The van der Waals surface area contributed by atoms with E-state index in [2.05, 4.69) is 0 Å². The number of nitrogens with zero attached hydrogens (tertiary/aromatic N) is 2. The largest absolute Gasteiger partial charge is 0.495 e. The first kappa shape index (κ1) is 15.9. The molecule has 0 atom stereocenters. The van der Waals surface area contributed by atoms with E-state index >= 15 is 0 Å². The second-order valence-electron chi connectivity index (χ2n) is 4.78. The molecular weight excluding hydrogens is 315 g/mol. The zero-order chi connectivity index (χ0) is 15.4. The Labute approximate surface area is 133 Å². The summed E-state index contributed by atoms with van der Waals surface area (Å²) in [7, 11) is 1.51. The molecular formula is C14H16Cl2N2O3. The Hall–Kier alpha value is -1.46. The van der Waals surface area contributed by atoms with Crippen LogP contribution in [0.4, 0.5) is 0 Å². The van der Waals surface area contributed by atoms with Gasteiger partial charge in [-0.3, -0.25) is 9.59 Å². The van der Waals surface area contributed by atoms with Crippen molar-refractivity contribution in [2.24, 2.45) is 0 Å². The van der Waals surface area contributed by atoms with Crippen molar-refractivity contribution in [3.8, 4) is 5.75 Å². The van der Waals surface area contributed by atoms with Gasteiger partial charge in [0.05, 0.1) is 18.6 Å². The normalized spacial score (nSPS) is 15.0. The molecule has 0 N–H and O–H groups in total. The molecule has 0 bridgehead atoms. The van der Waals surface area contributed by atoms with Gasteiger partial charge in [0.2, 0.25) is 12.3 Å². The summed E-state index contributed by atoms with van der Waals surface area (Å²) >= 11 is 12.2. The lowest BCUT2D eigenvalue weighted by atomic mass is 10.1. The number of rotatable bonds is 4. The number of hydrogen-bond acceptors (Lipinski definition) is 3. The van der Waals surface area contributed by atoms with Gasteiger partial charge in [-0.25, -0.2) is 0 Å². The second kappa shape index (κ2) is 7.00. The Balaban J connectivity index is 2.03. The van der Waals surface area contributed by atoms with Crippen molar-refractivity contribution in [2.75, 3.05) is 33.3 Å². The van der Waals surface area contributed by atoms with Crippen LogP contribution in [0.15, 0.2) is 12.1 Å². The van der Waals surface area contributed by atoms with Crippen LogP contribution in [0.5, 0.6) is 5.75 Å². The second-order valence-corrected chi connectivity index (χ2v) is 5.59. The van der Waals surface area contributed by atoms with Gasteiger partial charge in [0.25, 0.3) is 0 Å². The lowest BCUT2D eigenvalue weighted by Crippen LogP contribution is -2.48. The fourth-order valence-electron chi connectivity index (χ4n) is 2.21. The predicted molar refractivity (Wildman–Crippen MR) is 80.9 cm³/mol. The van der Waals surface area contributed by atoms with Crippen LogP contribution in [-0.4, -0.2) is 55.4 Å². The molecule has 0 saturated carbocycles. The SMILES string of the molecule is COc1cc(Cl)c(CC(=O)N2CCN(C=O)CC2)cc1Cl. The third-order valence-electron chi connectivity index (χ3n) is 3.48. The van der Waals surface area contributed by atoms with Crippen LogP contribution in [0.25, 0.3) is 0 Å². The third-order valence-corrected chi connectivity index (χ3v) is 4.13. The van der Waals surface area contributed by atoms with E-state index in [0.717, 1.165) is 6.41 Å². The molecule has 0 aromatic heterocycles.